The van der Waals surface area contributed by atoms with Gasteiger partial charge >= 0.3 is 5.97 Å². The van der Waals surface area contributed by atoms with Crippen LogP contribution < -0.4 is 5.32 Å². The Morgan fingerprint density at radius 3 is 2.45 bits per heavy atom. The predicted molar refractivity (Wildman–Crippen MR) is 79.3 cm³/mol. The van der Waals surface area contributed by atoms with Crippen molar-refractivity contribution in [1.29, 1.82) is 0 Å². The molecule has 0 saturated heterocycles. The van der Waals surface area contributed by atoms with Gasteiger partial charge in [0.25, 0.3) is 5.69 Å². The molecule has 0 fully saturated rings. The number of hydrogen-bond donors (Lipinski definition) is 2. The zero-order valence-corrected chi connectivity index (χ0v) is 12.0. The topological polar surface area (TPSA) is 110 Å². The first-order valence-corrected chi connectivity index (χ1v) is 6.82. The third-order valence-corrected chi connectivity index (χ3v) is 3.75. The maximum atomic E-state index is 12.3. The van der Waals surface area contributed by atoms with Gasteiger partial charge in [0.05, 0.1) is 16.8 Å². The number of carboxylic acid groups (broad SMARTS) is 1. The molecular formula is C15H16N2O5. The van der Waals surface area contributed by atoms with Crippen molar-refractivity contribution in [3.05, 3.63) is 46.0 Å². The van der Waals surface area contributed by atoms with Crippen molar-refractivity contribution in [1.82, 2.24) is 0 Å². The molecule has 1 aliphatic carbocycles. The van der Waals surface area contributed by atoms with Crippen LogP contribution in [0.1, 0.15) is 19.8 Å². The van der Waals surface area contributed by atoms with Gasteiger partial charge in [-0.3, -0.25) is 19.7 Å². The minimum absolute atomic E-state index is 0.0714. The SMILES string of the molecule is CC1=CCC(C(=O)O)C(C(=O)Nc2ccc([N+](=O)[O-])cc2)C1. The third kappa shape index (κ3) is 3.49. The van der Waals surface area contributed by atoms with E-state index < -0.39 is 22.7 Å². The van der Waals surface area contributed by atoms with E-state index in [9.17, 15) is 24.8 Å². The maximum absolute atomic E-state index is 12.3. The second-order valence-corrected chi connectivity index (χ2v) is 5.33. The average molecular weight is 304 g/mol. The van der Waals surface area contributed by atoms with Crippen LogP contribution in [-0.4, -0.2) is 21.9 Å². The van der Waals surface area contributed by atoms with Crippen LogP contribution in [0.3, 0.4) is 0 Å². The highest BCUT2D eigenvalue weighted by Gasteiger charge is 2.35. The normalized spacial score (nSPS) is 20.9. The van der Waals surface area contributed by atoms with Gasteiger partial charge in [-0.05, 0) is 31.9 Å². The predicted octanol–water partition coefficient (Wildman–Crippen LogP) is 2.59. The Kier molecular flexibility index (Phi) is 4.55. The molecule has 2 unspecified atom stereocenters. The summed E-state index contributed by atoms with van der Waals surface area (Å²) in [6.45, 7) is 1.87. The highest BCUT2D eigenvalue weighted by atomic mass is 16.6. The molecule has 7 nitrogen and oxygen atoms in total. The third-order valence-electron chi connectivity index (χ3n) is 3.75. The van der Waals surface area contributed by atoms with Gasteiger partial charge in [0, 0.05) is 17.8 Å². The molecule has 0 aliphatic heterocycles. The van der Waals surface area contributed by atoms with Crippen molar-refractivity contribution < 1.29 is 19.6 Å². The number of benzene rings is 1. The van der Waals surface area contributed by atoms with Crippen LogP contribution in [0.25, 0.3) is 0 Å². The number of aliphatic carboxylic acids is 1. The second-order valence-electron chi connectivity index (χ2n) is 5.33. The molecule has 2 N–H and O–H groups in total. The Labute approximate surface area is 126 Å². The maximum Gasteiger partial charge on any atom is 0.307 e. The summed E-state index contributed by atoms with van der Waals surface area (Å²) in [5, 5.41) is 22.4. The summed E-state index contributed by atoms with van der Waals surface area (Å²) in [6.07, 6.45) is 2.57. The van der Waals surface area contributed by atoms with Crippen LogP contribution in [0.15, 0.2) is 35.9 Å². The van der Waals surface area contributed by atoms with Gasteiger partial charge in [-0.1, -0.05) is 11.6 Å². The molecule has 7 heteroatoms. The van der Waals surface area contributed by atoms with Gasteiger partial charge in [-0.15, -0.1) is 0 Å². The zero-order chi connectivity index (χ0) is 16.3. The number of nitrogens with one attached hydrogen (secondary N) is 1. The Morgan fingerprint density at radius 1 is 1.27 bits per heavy atom. The number of carboxylic acids is 1. The van der Waals surface area contributed by atoms with E-state index in [4.69, 9.17) is 0 Å². The summed E-state index contributed by atoms with van der Waals surface area (Å²) < 4.78 is 0. The number of nitro benzene ring substituents is 1. The van der Waals surface area contributed by atoms with Gasteiger partial charge in [0.15, 0.2) is 0 Å². The van der Waals surface area contributed by atoms with Crippen molar-refractivity contribution in [2.75, 3.05) is 5.32 Å². The minimum Gasteiger partial charge on any atom is -0.481 e. The lowest BCUT2D eigenvalue weighted by Gasteiger charge is -2.26. The fourth-order valence-electron chi connectivity index (χ4n) is 2.51. The molecule has 1 aromatic carbocycles. The number of rotatable bonds is 4. The summed E-state index contributed by atoms with van der Waals surface area (Å²) in [5.41, 5.74) is 1.33. The Bertz CT molecular complexity index is 636. The van der Waals surface area contributed by atoms with Gasteiger partial charge in [0.1, 0.15) is 0 Å². The van der Waals surface area contributed by atoms with E-state index >= 15 is 0 Å². The average Bonchev–Trinajstić information content (AvgIpc) is 2.47. The largest absolute Gasteiger partial charge is 0.481 e. The first-order chi connectivity index (χ1) is 10.4. The van der Waals surface area contributed by atoms with Crippen LogP contribution >= 0.6 is 0 Å². The lowest BCUT2D eigenvalue weighted by atomic mass is 9.79. The quantitative estimate of drug-likeness (QED) is 0.504. The molecule has 2 rings (SSSR count). The molecule has 1 aliphatic rings. The van der Waals surface area contributed by atoms with Gasteiger partial charge in [-0.2, -0.15) is 0 Å². The van der Waals surface area contributed by atoms with Crippen LogP contribution in [0.2, 0.25) is 0 Å². The number of hydrogen-bond acceptors (Lipinski definition) is 4. The molecule has 0 aromatic heterocycles. The van der Waals surface area contributed by atoms with E-state index in [0.717, 1.165) is 5.57 Å². The van der Waals surface area contributed by atoms with Crippen LogP contribution in [0, 0.1) is 22.0 Å². The molecule has 0 heterocycles. The van der Waals surface area contributed by atoms with Gasteiger partial charge in [-0.25, -0.2) is 0 Å². The zero-order valence-electron chi connectivity index (χ0n) is 12.0. The van der Waals surface area contributed by atoms with Crippen LogP contribution in [0.5, 0.6) is 0 Å². The summed E-state index contributed by atoms with van der Waals surface area (Å²) in [5.74, 6) is -2.76. The van der Waals surface area contributed by atoms with Crippen molar-refractivity contribution in [2.45, 2.75) is 19.8 Å². The molecule has 1 aromatic rings. The number of nitro groups is 1. The molecular weight excluding hydrogens is 288 g/mol. The van der Waals surface area contributed by atoms with Crippen LogP contribution in [0.4, 0.5) is 11.4 Å². The summed E-state index contributed by atoms with van der Waals surface area (Å²) in [7, 11) is 0. The van der Waals surface area contributed by atoms with Gasteiger partial charge in [0.2, 0.25) is 5.91 Å². The standard InChI is InChI=1S/C15H16N2O5/c1-9-2-7-12(15(19)20)13(8-9)14(18)16-10-3-5-11(6-4-10)17(21)22/h2-6,12-13H,7-8H2,1H3,(H,16,18)(H,19,20). The molecule has 0 bridgehead atoms. The number of nitrogens with zero attached hydrogens (tertiary/aromatic N) is 1. The monoisotopic (exact) mass is 304 g/mol. The molecule has 116 valence electrons. The number of carbonyl (C=O) groups is 2. The Hall–Kier alpha value is -2.70. The van der Waals surface area contributed by atoms with E-state index in [2.05, 4.69) is 5.32 Å². The lowest BCUT2D eigenvalue weighted by molar-refractivity contribution is -0.384. The highest BCUT2D eigenvalue weighted by molar-refractivity contribution is 5.95. The number of non-ortho nitro benzene ring substituents is 1. The second kappa shape index (κ2) is 6.38. The minimum atomic E-state index is -0.993. The van der Waals surface area contributed by atoms with Crippen molar-refractivity contribution in [2.24, 2.45) is 11.8 Å². The molecule has 22 heavy (non-hydrogen) atoms. The number of anilines is 1. The fourth-order valence-corrected chi connectivity index (χ4v) is 2.51. The van der Waals surface area contributed by atoms with E-state index in [0.29, 0.717) is 18.5 Å². The lowest BCUT2D eigenvalue weighted by Crippen LogP contribution is -2.35. The van der Waals surface area contributed by atoms with Crippen molar-refractivity contribution >= 4 is 23.3 Å². The molecule has 0 saturated carbocycles. The smallest absolute Gasteiger partial charge is 0.307 e. The van der Waals surface area contributed by atoms with Crippen molar-refractivity contribution in [3.8, 4) is 0 Å². The van der Waals surface area contributed by atoms with Gasteiger partial charge < -0.3 is 10.4 Å². The number of carbonyl (C=O) groups excluding carboxylic acids is 1. The first kappa shape index (κ1) is 15.7. The summed E-state index contributed by atoms with van der Waals surface area (Å²) in [4.78, 5) is 33.6. The molecule has 0 spiro atoms. The fraction of sp³-hybridized carbons (Fsp3) is 0.333. The van der Waals surface area contributed by atoms with E-state index in [-0.39, 0.29) is 11.6 Å². The van der Waals surface area contributed by atoms with Crippen molar-refractivity contribution in [3.63, 3.8) is 0 Å². The number of amides is 1. The highest BCUT2D eigenvalue weighted by Crippen LogP contribution is 2.31. The summed E-state index contributed by atoms with van der Waals surface area (Å²) >= 11 is 0. The Balaban J connectivity index is 2.11. The molecule has 2 atom stereocenters. The van der Waals surface area contributed by atoms with Crippen LogP contribution in [-0.2, 0) is 9.59 Å². The molecule has 0 radical (unpaired) electrons. The molecule has 1 amide bonds. The first-order valence-electron chi connectivity index (χ1n) is 6.82. The van der Waals surface area contributed by atoms with E-state index in [1.54, 1.807) is 0 Å². The number of allylic oxidation sites excluding steroid dienone is 2. The summed E-state index contributed by atoms with van der Waals surface area (Å²) in [6, 6.07) is 5.43. The van der Waals surface area contributed by atoms with E-state index in [1.807, 2.05) is 13.0 Å². The Morgan fingerprint density at radius 2 is 1.91 bits per heavy atom. The van der Waals surface area contributed by atoms with E-state index in [1.165, 1.54) is 24.3 Å².